The highest BCUT2D eigenvalue weighted by atomic mass is 19.1. The smallest absolute Gasteiger partial charge is 0.322 e. The minimum Gasteiger partial charge on any atom is -0.322 e. The van der Waals surface area contributed by atoms with Crippen molar-refractivity contribution in [3.05, 3.63) is 101 Å². The van der Waals surface area contributed by atoms with Crippen LogP contribution in [0, 0.1) is 5.82 Å². The summed E-state index contributed by atoms with van der Waals surface area (Å²) in [6.07, 6.45) is -1.25. The predicted molar refractivity (Wildman–Crippen MR) is 116 cm³/mol. The highest BCUT2D eigenvalue weighted by Crippen LogP contribution is 2.23. The van der Waals surface area contributed by atoms with Crippen molar-refractivity contribution in [1.82, 2.24) is 16.2 Å². The van der Waals surface area contributed by atoms with Crippen LogP contribution in [0.3, 0.4) is 0 Å². The van der Waals surface area contributed by atoms with Crippen molar-refractivity contribution in [1.29, 1.82) is 0 Å². The molecule has 160 valence electrons. The lowest BCUT2D eigenvalue weighted by Gasteiger charge is -2.14. The molecule has 1 aliphatic heterocycles. The summed E-state index contributed by atoms with van der Waals surface area (Å²) >= 11 is 0. The normalized spacial score (nSPS) is 14.8. The number of carbonyl (C=O) groups excluding carboxylic acids is 3. The molecule has 8 nitrogen and oxygen atoms in total. The molecule has 1 unspecified atom stereocenters. The van der Waals surface area contributed by atoms with E-state index < -0.39 is 29.8 Å². The molecule has 1 heterocycles. The molecular formula is C23H18FN5O3. The van der Waals surface area contributed by atoms with E-state index in [4.69, 9.17) is 0 Å². The van der Waals surface area contributed by atoms with Crippen molar-refractivity contribution in [2.24, 2.45) is 4.99 Å². The van der Waals surface area contributed by atoms with Crippen molar-refractivity contribution in [3.8, 4) is 0 Å². The fourth-order valence-electron chi connectivity index (χ4n) is 3.13. The molecule has 4 N–H and O–H groups in total. The van der Waals surface area contributed by atoms with Gasteiger partial charge in [0.15, 0.2) is 0 Å². The number of para-hydroxylation sites is 1. The molecule has 3 aromatic carbocycles. The lowest BCUT2D eigenvalue weighted by atomic mass is 10.0. The van der Waals surface area contributed by atoms with Crippen molar-refractivity contribution < 1.29 is 18.8 Å². The first kappa shape index (κ1) is 20.7. The van der Waals surface area contributed by atoms with Crippen LogP contribution < -0.4 is 21.5 Å². The zero-order valence-electron chi connectivity index (χ0n) is 16.6. The molecule has 0 radical (unpaired) electrons. The number of aliphatic imine (C=N–C) groups is 1. The molecule has 1 aliphatic rings. The molecule has 0 spiro atoms. The summed E-state index contributed by atoms with van der Waals surface area (Å²) in [5, 5.41) is 5.19. The average Bonchev–Trinajstić information content (AvgIpc) is 2.95. The minimum absolute atomic E-state index is 0.152. The van der Waals surface area contributed by atoms with Crippen LogP contribution in [0.15, 0.2) is 83.9 Å². The predicted octanol–water partition coefficient (Wildman–Crippen LogP) is 2.59. The number of carbonyl (C=O) groups is 3. The SMILES string of the molecule is O=C(NNC(=O)c1ccc(F)cc1)NC1N=C(c2ccccc2)c2ccccc2NC1=O. The van der Waals surface area contributed by atoms with Crippen molar-refractivity contribution in [2.75, 3.05) is 5.32 Å². The Labute approximate surface area is 182 Å². The van der Waals surface area contributed by atoms with Gasteiger partial charge in [-0.3, -0.25) is 15.0 Å². The number of halogens is 1. The van der Waals surface area contributed by atoms with Gasteiger partial charge in [-0.15, -0.1) is 0 Å². The molecule has 0 aromatic heterocycles. The van der Waals surface area contributed by atoms with Gasteiger partial charge in [-0.05, 0) is 30.3 Å². The Morgan fingerprint density at radius 2 is 1.56 bits per heavy atom. The highest BCUT2D eigenvalue weighted by molar-refractivity contribution is 6.19. The van der Waals surface area contributed by atoms with Crippen molar-refractivity contribution in [2.45, 2.75) is 6.17 Å². The molecular weight excluding hydrogens is 413 g/mol. The minimum atomic E-state index is -1.25. The van der Waals surface area contributed by atoms with Gasteiger partial charge in [-0.25, -0.2) is 19.6 Å². The van der Waals surface area contributed by atoms with Gasteiger partial charge < -0.3 is 10.6 Å². The molecule has 0 aliphatic carbocycles. The molecule has 9 heteroatoms. The van der Waals surface area contributed by atoms with E-state index in [-0.39, 0.29) is 5.56 Å². The number of nitrogens with one attached hydrogen (secondary N) is 4. The number of benzodiazepines with no additional fused rings is 1. The summed E-state index contributed by atoms with van der Waals surface area (Å²) in [4.78, 5) is 41.6. The van der Waals surface area contributed by atoms with E-state index in [2.05, 4.69) is 26.5 Å². The molecule has 32 heavy (non-hydrogen) atoms. The van der Waals surface area contributed by atoms with E-state index in [1.54, 1.807) is 12.1 Å². The highest BCUT2D eigenvalue weighted by Gasteiger charge is 2.27. The number of fused-ring (bicyclic) bond motifs is 1. The van der Waals surface area contributed by atoms with Gasteiger partial charge in [0, 0.05) is 16.7 Å². The molecule has 0 bridgehead atoms. The maximum atomic E-state index is 13.0. The standard InChI is InChI=1S/C23H18FN5O3/c24-16-12-10-15(11-13-16)21(30)28-29-23(32)27-20-22(31)25-18-9-5-4-8-17(18)19(26-20)14-6-2-1-3-7-14/h1-13,20H,(H,25,31)(H,28,30)(H2,27,29,32). The Balaban J connectivity index is 1.51. The number of rotatable bonds is 3. The van der Waals surface area contributed by atoms with Gasteiger partial charge in [0.2, 0.25) is 6.17 Å². The van der Waals surface area contributed by atoms with Crippen molar-refractivity contribution in [3.63, 3.8) is 0 Å². The summed E-state index contributed by atoms with van der Waals surface area (Å²) in [7, 11) is 0. The third-order valence-electron chi connectivity index (χ3n) is 4.66. The third-order valence-corrected chi connectivity index (χ3v) is 4.66. The second-order valence-electron chi connectivity index (χ2n) is 6.84. The number of hydrogen-bond acceptors (Lipinski definition) is 4. The van der Waals surface area contributed by atoms with E-state index >= 15 is 0 Å². The third kappa shape index (κ3) is 4.62. The Bertz CT molecular complexity index is 1200. The Morgan fingerprint density at radius 3 is 2.31 bits per heavy atom. The first-order chi connectivity index (χ1) is 15.5. The second kappa shape index (κ2) is 9.09. The lowest BCUT2D eigenvalue weighted by molar-refractivity contribution is -0.117. The maximum absolute atomic E-state index is 13.0. The van der Waals surface area contributed by atoms with Gasteiger partial charge in [-0.2, -0.15) is 0 Å². The second-order valence-corrected chi connectivity index (χ2v) is 6.84. The number of anilines is 1. The Morgan fingerprint density at radius 1 is 0.875 bits per heavy atom. The van der Waals surface area contributed by atoms with Crippen molar-refractivity contribution >= 4 is 29.2 Å². The van der Waals surface area contributed by atoms with Crippen LogP contribution in [0.2, 0.25) is 0 Å². The fraction of sp³-hybridized carbons (Fsp3) is 0.0435. The summed E-state index contributed by atoms with van der Waals surface area (Å²) < 4.78 is 13.0. The van der Waals surface area contributed by atoms with Crippen LogP contribution in [0.25, 0.3) is 0 Å². The quantitative estimate of drug-likeness (QED) is 0.478. The summed E-state index contributed by atoms with van der Waals surface area (Å²) in [5.74, 6) is -1.67. The topological polar surface area (TPSA) is 112 Å². The van der Waals surface area contributed by atoms with Crippen LogP contribution in [0.1, 0.15) is 21.5 Å². The van der Waals surface area contributed by atoms with Gasteiger partial charge in [-0.1, -0.05) is 48.5 Å². The van der Waals surface area contributed by atoms with E-state index in [1.807, 2.05) is 42.5 Å². The van der Waals surface area contributed by atoms with Gasteiger partial charge >= 0.3 is 6.03 Å². The van der Waals surface area contributed by atoms with Crippen LogP contribution in [-0.2, 0) is 4.79 Å². The summed E-state index contributed by atoms with van der Waals surface area (Å²) in [6.45, 7) is 0. The molecule has 1 atom stereocenters. The average molecular weight is 431 g/mol. The summed E-state index contributed by atoms with van der Waals surface area (Å²) in [6, 6.07) is 20.4. The first-order valence-corrected chi connectivity index (χ1v) is 9.67. The monoisotopic (exact) mass is 431 g/mol. The molecule has 0 fully saturated rings. The number of urea groups is 1. The van der Waals surface area contributed by atoms with Crippen LogP contribution >= 0.6 is 0 Å². The van der Waals surface area contributed by atoms with Gasteiger partial charge in [0.25, 0.3) is 11.8 Å². The zero-order valence-corrected chi connectivity index (χ0v) is 16.6. The van der Waals surface area contributed by atoms with Gasteiger partial charge in [0.05, 0.1) is 11.4 Å². The van der Waals surface area contributed by atoms with E-state index in [0.29, 0.717) is 17.0 Å². The Kier molecular flexibility index (Phi) is 5.89. The Hall–Kier alpha value is -4.53. The first-order valence-electron chi connectivity index (χ1n) is 9.67. The largest absolute Gasteiger partial charge is 0.335 e. The number of benzene rings is 3. The van der Waals surface area contributed by atoms with E-state index in [1.165, 1.54) is 12.1 Å². The van der Waals surface area contributed by atoms with E-state index in [0.717, 1.165) is 17.7 Å². The van der Waals surface area contributed by atoms with E-state index in [9.17, 15) is 18.8 Å². The number of hydrogen-bond donors (Lipinski definition) is 4. The maximum Gasteiger partial charge on any atom is 0.335 e. The number of amides is 4. The summed E-state index contributed by atoms with van der Waals surface area (Å²) in [5.41, 5.74) is 7.09. The van der Waals surface area contributed by atoms with Crippen LogP contribution in [-0.4, -0.2) is 29.7 Å². The van der Waals surface area contributed by atoms with Crippen LogP contribution in [0.4, 0.5) is 14.9 Å². The molecule has 0 saturated carbocycles. The molecule has 4 rings (SSSR count). The molecule has 4 amide bonds. The molecule has 0 saturated heterocycles. The molecule has 3 aromatic rings. The fourth-order valence-corrected chi connectivity index (χ4v) is 3.13. The van der Waals surface area contributed by atoms with Crippen LogP contribution in [0.5, 0.6) is 0 Å². The zero-order chi connectivity index (χ0) is 22.5. The number of nitrogens with zero attached hydrogens (tertiary/aromatic N) is 1. The van der Waals surface area contributed by atoms with Gasteiger partial charge in [0.1, 0.15) is 5.82 Å². The number of hydrazine groups is 1. The lowest BCUT2D eigenvalue weighted by Crippen LogP contribution is -2.52.